The van der Waals surface area contributed by atoms with Crippen LogP contribution in [0.2, 0.25) is 5.02 Å². The second-order valence-corrected chi connectivity index (χ2v) is 13.4. The predicted molar refractivity (Wildman–Crippen MR) is 164 cm³/mol. The molecule has 9 nitrogen and oxygen atoms in total. The molecule has 1 aromatic heterocycles. The van der Waals surface area contributed by atoms with Crippen molar-refractivity contribution in [3.63, 3.8) is 0 Å². The van der Waals surface area contributed by atoms with E-state index in [2.05, 4.69) is 43.6 Å². The molecule has 1 aliphatic rings. The second kappa shape index (κ2) is 13.5. The SMILES string of the molecule is O=C(CSc1nnc(-c2ccc(Br)cc2)n1CCc1ccccc1)Nc1ccc(Cl)c(S(=O)(=O)N2CCOCC2)c1. The number of halogens is 2. The van der Waals surface area contributed by atoms with Gasteiger partial charge in [-0.05, 0) is 42.3 Å². The molecule has 3 aromatic carbocycles. The number of morpholine rings is 1. The smallest absolute Gasteiger partial charge is 0.244 e. The lowest BCUT2D eigenvalue weighted by Crippen LogP contribution is -2.40. The van der Waals surface area contributed by atoms with Crippen LogP contribution in [0.1, 0.15) is 5.56 Å². The van der Waals surface area contributed by atoms with Crippen molar-refractivity contribution in [1.29, 1.82) is 0 Å². The van der Waals surface area contributed by atoms with Crippen LogP contribution in [0.25, 0.3) is 11.4 Å². The third-order valence-corrected chi connectivity index (χ3v) is 10.3. The van der Waals surface area contributed by atoms with Crippen LogP contribution in [0, 0.1) is 0 Å². The third kappa shape index (κ3) is 7.37. The van der Waals surface area contributed by atoms with Gasteiger partial charge in [-0.3, -0.25) is 4.79 Å². The van der Waals surface area contributed by atoms with Crippen LogP contribution in [0.15, 0.2) is 87.3 Å². The summed E-state index contributed by atoms with van der Waals surface area (Å²) >= 11 is 11.0. The molecule has 1 N–H and O–H groups in total. The van der Waals surface area contributed by atoms with E-state index in [1.54, 1.807) is 6.07 Å². The van der Waals surface area contributed by atoms with E-state index < -0.39 is 10.0 Å². The molecule has 1 amide bonds. The molecular formula is C28H27BrClN5O4S2. The molecule has 214 valence electrons. The molecule has 0 radical (unpaired) electrons. The Labute approximate surface area is 256 Å². The summed E-state index contributed by atoms with van der Waals surface area (Å²) in [6.45, 7) is 1.78. The number of nitrogens with zero attached hydrogens (tertiary/aromatic N) is 4. The quantitative estimate of drug-likeness (QED) is 0.226. The normalized spacial score (nSPS) is 14.2. The number of sulfonamides is 1. The summed E-state index contributed by atoms with van der Waals surface area (Å²) < 4.78 is 35.9. The zero-order valence-corrected chi connectivity index (χ0v) is 25.8. The lowest BCUT2D eigenvalue weighted by atomic mass is 10.1. The molecule has 0 saturated carbocycles. The highest BCUT2D eigenvalue weighted by Crippen LogP contribution is 2.29. The fraction of sp³-hybridized carbons (Fsp3) is 0.250. The van der Waals surface area contributed by atoms with Crippen molar-refractivity contribution >= 4 is 60.9 Å². The average Bonchev–Trinajstić information content (AvgIpc) is 3.40. The van der Waals surface area contributed by atoms with E-state index in [-0.39, 0.29) is 34.7 Å². The Morgan fingerprint density at radius 2 is 1.76 bits per heavy atom. The average molecular weight is 677 g/mol. The Balaban J connectivity index is 1.30. The van der Waals surface area contributed by atoms with Crippen molar-refractivity contribution in [2.75, 3.05) is 37.4 Å². The Morgan fingerprint density at radius 1 is 1.02 bits per heavy atom. The summed E-state index contributed by atoms with van der Waals surface area (Å²) in [5, 5.41) is 12.3. The number of aromatic nitrogens is 3. The molecule has 1 aliphatic heterocycles. The van der Waals surface area contributed by atoms with E-state index in [9.17, 15) is 13.2 Å². The zero-order valence-electron chi connectivity index (χ0n) is 21.9. The maximum absolute atomic E-state index is 13.1. The van der Waals surface area contributed by atoms with Crippen molar-refractivity contribution < 1.29 is 17.9 Å². The van der Waals surface area contributed by atoms with Crippen LogP contribution < -0.4 is 5.32 Å². The van der Waals surface area contributed by atoms with Gasteiger partial charge in [-0.1, -0.05) is 81.8 Å². The summed E-state index contributed by atoms with van der Waals surface area (Å²) in [5.41, 5.74) is 2.44. The molecule has 13 heteroatoms. The zero-order chi connectivity index (χ0) is 28.8. The van der Waals surface area contributed by atoms with Crippen LogP contribution in [0.4, 0.5) is 5.69 Å². The van der Waals surface area contributed by atoms with Gasteiger partial charge >= 0.3 is 0 Å². The van der Waals surface area contributed by atoms with Crippen molar-refractivity contribution in [1.82, 2.24) is 19.1 Å². The van der Waals surface area contributed by atoms with Gasteiger partial charge in [0.15, 0.2) is 11.0 Å². The minimum atomic E-state index is -3.83. The first-order chi connectivity index (χ1) is 19.8. The number of benzene rings is 3. The van der Waals surface area contributed by atoms with Gasteiger partial charge in [-0.2, -0.15) is 4.31 Å². The molecule has 41 heavy (non-hydrogen) atoms. The number of carbonyl (C=O) groups is 1. The summed E-state index contributed by atoms with van der Waals surface area (Å²) in [6, 6.07) is 22.4. The summed E-state index contributed by atoms with van der Waals surface area (Å²) in [4.78, 5) is 12.9. The Kier molecular flexibility index (Phi) is 9.79. The molecule has 0 spiro atoms. The molecule has 0 unspecified atom stereocenters. The molecule has 0 aliphatic carbocycles. The number of thioether (sulfide) groups is 1. The lowest BCUT2D eigenvalue weighted by Gasteiger charge is -2.26. The highest BCUT2D eigenvalue weighted by Gasteiger charge is 2.28. The first-order valence-electron chi connectivity index (χ1n) is 12.8. The second-order valence-electron chi connectivity index (χ2n) is 9.20. The number of hydrogen-bond donors (Lipinski definition) is 1. The van der Waals surface area contributed by atoms with Crippen molar-refractivity contribution in [3.05, 3.63) is 87.9 Å². The fourth-order valence-electron chi connectivity index (χ4n) is 4.33. The fourth-order valence-corrected chi connectivity index (χ4v) is 7.26. The van der Waals surface area contributed by atoms with Crippen LogP contribution >= 0.6 is 39.3 Å². The van der Waals surface area contributed by atoms with Gasteiger partial charge in [0.2, 0.25) is 15.9 Å². The first kappa shape index (κ1) is 29.7. The number of nitrogens with one attached hydrogen (secondary N) is 1. The van der Waals surface area contributed by atoms with E-state index >= 15 is 0 Å². The molecule has 2 heterocycles. The van der Waals surface area contributed by atoms with Gasteiger partial charge in [0.05, 0.1) is 24.0 Å². The topological polar surface area (TPSA) is 106 Å². The van der Waals surface area contributed by atoms with Gasteiger partial charge in [-0.25, -0.2) is 8.42 Å². The Bertz CT molecular complexity index is 1610. The lowest BCUT2D eigenvalue weighted by molar-refractivity contribution is -0.113. The maximum atomic E-state index is 13.1. The number of aryl methyl sites for hydroxylation is 1. The van der Waals surface area contributed by atoms with E-state index in [1.807, 2.05) is 47.0 Å². The molecule has 1 fully saturated rings. The van der Waals surface area contributed by atoms with Crippen LogP contribution in [0.3, 0.4) is 0 Å². The van der Waals surface area contributed by atoms with Gasteiger partial charge < -0.3 is 14.6 Å². The molecule has 0 atom stereocenters. The van der Waals surface area contributed by atoms with Crippen LogP contribution in [-0.2, 0) is 32.5 Å². The van der Waals surface area contributed by atoms with E-state index in [0.717, 1.165) is 16.5 Å². The standard InChI is InChI=1S/C28H27BrClN5O4S2/c29-22-8-6-21(7-9-22)27-32-33-28(35(27)13-12-20-4-2-1-3-5-20)40-19-26(36)31-23-10-11-24(30)25(18-23)41(37,38)34-14-16-39-17-15-34/h1-11,18H,12-17,19H2,(H,31,36). The Hall–Kier alpha value is -2.74. The molecule has 5 rings (SSSR count). The van der Waals surface area contributed by atoms with Gasteiger partial charge in [-0.15, -0.1) is 10.2 Å². The number of anilines is 1. The number of amides is 1. The predicted octanol–water partition coefficient (Wildman–Crippen LogP) is 5.36. The molecule has 4 aromatic rings. The highest BCUT2D eigenvalue weighted by atomic mass is 79.9. The monoisotopic (exact) mass is 675 g/mol. The summed E-state index contributed by atoms with van der Waals surface area (Å²) in [6.07, 6.45) is 0.771. The maximum Gasteiger partial charge on any atom is 0.244 e. The minimum Gasteiger partial charge on any atom is -0.379 e. The van der Waals surface area contributed by atoms with Gasteiger partial charge in [0, 0.05) is 35.4 Å². The Morgan fingerprint density at radius 3 is 2.49 bits per heavy atom. The van der Waals surface area contributed by atoms with Gasteiger partial charge in [0.25, 0.3) is 0 Å². The third-order valence-electron chi connectivity index (χ3n) is 6.42. The molecular weight excluding hydrogens is 650 g/mol. The van der Waals surface area contributed by atoms with Gasteiger partial charge in [0.1, 0.15) is 4.90 Å². The van der Waals surface area contributed by atoms with E-state index in [4.69, 9.17) is 16.3 Å². The number of rotatable bonds is 10. The van der Waals surface area contributed by atoms with Crippen molar-refractivity contribution in [2.24, 2.45) is 0 Å². The van der Waals surface area contributed by atoms with Crippen LogP contribution in [-0.4, -0.2) is 65.5 Å². The van der Waals surface area contributed by atoms with Crippen LogP contribution in [0.5, 0.6) is 0 Å². The number of carbonyl (C=O) groups excluding carboxylic acids is 1. The molecule has 0 bridgehead atoms. The largest absolute Gasteiger partial charge is 0.379 e. The van der Waals surface area contributed by atoms with E-state index in [0.29, 0.717) is 36.4 Å². The number of hydrogen-bond acceptors (Lipinski definition) is 7. The van der Waals surface area contributed by atoms with Crippen molar-refractivity contribution in [2.45, 2.75) is 23.0 Å². The van der Waals surface area contributed by atoms with E-state index in [1.165, 1.54) is 33.8 Å². The minimum absolute atomic E-state index is 0.0497. The molecule has 1 saturated heterocycles. The summed E-state index contributed by atoms with van der Waals surface area (Å²) in [5.74, 6) is 0.458. The summed E-state index contributed by atoms with van der Waals surface area (Å²) in [7, 11) is -3.83. The first-order valence-corrected chi connectivity index (χ1v) is 16.4. The number of ether oxygens (including phenoxy) is 1. The highest BCUT2D eigenvalue weighted by molar-refractivity contribution is 9.10. The van der Waals surface area contributed by atoms with Crippen molar-refractivity contribution in [3.8, 4) is 11.4 Å².